The van der Waals surface area contributed by atoms with E-state index in [0.717, 1.165) is 23.6 Å². The molecule has 8 aromatic rings. The molecule has 13 rings (SSSR count). The van der Waals surface area contributed by atoms with Crippen LogP contribution in [0.3, 0.4) is 0 Å². The van der Waals surface area contributed by atoms with Crippen LogP contribution in [0.25, 0.3) is 38.6 Å². The van der Waals surface area contributed by atoms with Crippen molar-refractivity contribution in [2.45, 2.75) is 37.7 Å². The second-order valence-electron chi connectivity index (χ2n) is 18.8. The Balaban J connectivity index is 0.973. The standard InChI is InChI=1S/C63H50N2O/c1-41-17-16-26-53-54-36-38-58(42(2)62(54)66-61(41)53)64(48-32-29-43(30-33-48)44-31-37-60-55(39-44)52-25-13-15-28-59(52)65(60)47-22-10-5-11-23-47)49-34-35-51-50-24-12-14-27-56(50)63(57(51)40-49,45-18-6-3-7-19-45)46-20-8-4-9-21-46/h3-16,18-42,50,56,62H,17H2,1-2H3. The molecule has 0 N–H and O–H groups in total. The summed E-state index contributed by atoms with van der Waals surface area (Å²) in [7, 11) is 0. The molecule has 0 saturated carbocycles. The maximum atomic E-state index is 6.98. The molecule has 0 fully saturated rings. The number of para-hydroxylation sites is 2. The van der Waals surface area contributed by atoms with Crippen molar-refractivity contribution in [2.75, 3.05) is 4.90 Å². The van der Waals surface area contributed by atoms with Crippen LogP contribution in [0.4, 0.5) is 11.4 Å². The quantitative estimate of drug-likeness (QED) is 0.159. The zero-order chi connectivity index (χ0) is 43.9. The van der Waals surface area contributed by atoms with E-state index in [1.54, 1.807) is 0 Å². The minimum Gasteiger partial charge on any atom is -0.488 e. The first-order chi connectivity index (χ1) is 32.6. The maximum Gasteiger partial charge on any atom is 0.132 e. The summed E-state index contributed by atoms with van der Waals surface area (Å²) in [5.74, 6) is 2.09. The van der Waals surface area contributed by atoms with Gasteiger partial charge < -0.3 is 14.2 Å². The summed E-state index contributed by atoms with van der Waals surface area (Å²) in [4.78, 5) is 2.52. The molecule has 5 aliphatic rings. The number of hydrogen-bond acceptors (Lipinski definition) is 2. The van der Waals surface area contributed by atoms with Gasteiger partial charge in [-0.15, -0.1) is 0 Å². The molecule has 7 aromatic carbocycles. The van der Waals surface area contributed by atoms with Crippen molar-refractivity contribution in [3.63, 3.8) is 0 Å². The van der Waals surface area contributed by atoms with Gasteiger partial charge in [-0.3, -0.25) is 0 Å². The fourth-order valence-electron chi connectivity index (χ4n) is 12.3. The molecular formula is C63H50N2O. The van der Waals surface area contributed by atoms with Gasteiger partial charge in [0.1, 0.15) is 11.9 Å². The van der Waals surface area contributed by atoms with Crippen molar-refractivity contribution in [2.24, 2.45) is 17.8 Å². The van der Waals surface area contributed by atoms with Crippen LogP contribution in [0.1, 0.15) is 48.4 Å². The van der Waals surface area contributed by atoms with Crippen LogP contribution in [0, 0.1) is 17.8 Å². The number of fused-ring (bicyclic) bond motifs is 8. The molecule has 0 amide bonds. The van der Waals surface area contributed by atoms with Gasteiger partial charge in [0.25, 0.3) is 0 Å². The fourth-order valence-corrected chi connectivity index (χ4v) is 12.3. The van der Waals surface area contributed by atoms with Crippen LogP contribution in [0.15, 0.2) is 247 Å². The van der Waals surface area contributed by atoms with Crippen LogP contribution in [0.5, 0.6) is 0 Å². The summed E-state index contributed by atoms with van der Waals surface area (Å²) in [6.07, 6.45) is 19.6. The first-order valence-corrected chi connectivity index (χ1v) is 23.7. The van der Waals surface area contributed by atoms with Crippen molar-refractivity contribution in [1.29, 1.82) is 0 Å². The highest BCUT2D eigenvalue weighted by Gasteiger charge is 2.53. The average Bonchev–Trinajstić information content (AvgIpc) is 4.03. The van der Waals surface area contributed by atoms with E-state index in [4.69, 9.17) is 4.74 Å². The lowest BCUT2D eigenvalue weighted by molar-refractivity contribution is 0.110. The van der Waals surface area contributed by atoms with E-state index >= 15 is 0 Å². The minimum atomic E-state index is -0.392. The van der Waals surface area contributed by atoms with Gasteiger partial charge in [0, 0.05) is 68.3 Å². The summed E-state index contributed by atoms with van der Waals surface area (Å²) in [5.41, 5.74) is 17.0. The highest BCUT2D eigenvalue weighted by Crippen LogP contribution is 2.60. The van der Waals surface area contributed by atoms with Crippen LogP contribution < -0.4 is 4.90 Å². The molecule has 0 spiro atoms. The Labute approximate surface area is 387 Å². The van der Waals surface area contributed by atoms with Crippen LogP contribution in [0.2, 0.25) is 0 Å². The van der Waals surface area contributed by atoms with E-state index in [1.807, 2.05) is 0 Å². The second-order valence-corrected chi connectivity index (χ2v) is 18.8. The SMILES string of the molecule is CC1CC=CC2=C1OC1C2=CC=C(N(c2ccc(-c3ccc4c(c3)c3ccccc3n4-c3ccccc3)cc2)c2ccc3c(c2)C(c2ccccc2)(c2ccccc2)C2C=CC=CC32)C1C. The summed E-state index contributed by atoms with van der Waals surface area (Å²) in [5, 5.41) is 2.51. The monoisotopic (exact) mass is 850 g/mol. The molecule has 1 aliphatic heterocycles. The van der Waals surface area contributed by atoms with E-state index < -0.39 is 5.41 Å². The number of anilines is 2. The smallest absolute Gasteiger partial charge is 0.132 e. The summed E-state index contributed by atoms with van der Waals surface area (Å²) < 4.78 is 9.36. The topological polar surface area (TPSA) is 17.4 Å². The molecular weight excluding hydrogens is 801 g/mol. The molecule has 5 atom stereocenters. The zero-order valence-electron chi connectivity index (χ0n) is 37.3. The number of allylic oxidation sites excluding steroid dienone is 9. The van der Waals surface area contributed by atoms with Crippen LogP contribution in [-0.4, -0.2) is 10.7 Å². The van der Waals surface area contributed by atoms with Gasteiger partial charge in [-0.1, -0.05) is 178 Å². The van der Waals surface area contributed by atoms with Crippen molar-refractivity contribution in [3.8, 4) is 16.8 Å². The highest BCUT2D eigenvalue weighted by molar-refractivity contribution is 6.10. The van der Waals surface area contributed by atoms with Crippen LogP contribution >= 0.6 is 0 Å². The fraction of sp³-hybridized carbons (Fsp3) is 0.143. The van der Waals surface area contributed by atoms with Crippen molar-refractivity contribution < 1.29 is 4.74 Å². The Morgan fingerprint density at radius 1 is 0.606 bits per heavy atom. The number of nitrogens with zero attached hydrogens (tertiary/aromatic N) is 2. The third-order valence-electron chi connectivity index (χ3n) is 15.3. The lowest BCUT2D eigenvalue weighted by atomic mass is 9.63. The molecule has 5 unspecified atom stereocenters. The van der Waals surface area contributed by atoms with E-state index in [1.165, 1.54) is 77.7 Å². The average molecular weight is 851 g/mol. The molecule has 4 aliphatic carbocycles. The molecule has 0 radical (unpaired) electrons. The predicted octanol–water partition coefficient (Wildman–Crippen LogP) is 15.5. The third kappa shape index (κ3) is 5.75. The molecule has 2 heterocycles. The largest absolute Gasteiger partial charge is 0.488 e. The van der Waals surface area contributed by atoms with Gasteiger partial charge in [-0.25, -0.2) is 0 Å². The van der Waals surface area contributed by atoms with Gasteiger partial charge in [0.2, 0.25) is 0 Å². The van der Waals surface area contributed by atoms with Gasteiger partial charge in [-0.2, -0.15) is 0 Å². The number of rotatable bonds is 7. The van der Waals surface area contributed by atoms with Crippen LogP contribution in [-0.2, 0) is 10.2 Å². The molecule has 0 bridgehead atoms. The number of hydrogen-bond donors (Lipinski definition) is 0. The van der Waals surface area contributed by atoms with E-state index in [2.05, 4.69) is 248 Å². The summed E-state index contributed by atoms with van der Waals surface area (Å²) in [6.45, 7) is 4.65. The van der Waals surface area contributed by atoms with Gasteiger partial charge in [0.15, 0.2) is 0 Å². The van der Waals surface area contributed by atoms with Gasteiger partial charge >= 0.3 is 0 Å². The molecule has 3 heteroatoms. The highest BCUT2D eigenvalue weighted by atomic mass is 16.5. The molecule has 318 valence electrons. The lowest BCUT2D eigenvalue weighted by Crippen LogP contribution is -2.35. The Morgan fingerprint density at radius 3 is 2.05 bits per heavy atom. The zero-order valence-corrected chi connectivity index (χ0v) is 37.3. The summed E-state index contributed by atoms with van der Waals surface area (Å²) in [6, 6.07) is 65.4. The van der Waals surface area contributed by atoms with Gasteiger partial charge in [-0.05, 0) is 100 Å². The van der Waals surface area contributed by atoms with E-state index in [0.29, 0.717) is 5.92 Å². The van der Waals surface area contributed by atoms with E-state index in [-0.39, 0.29) is 23.9 Å². The van der Waals surface area contributed by atoms with Crippen molar-refractivity contribution in [1.82, 2.24) is 4.57 Å². The van der Waals surface area contributed by atoms with Gasteiger partial charge in [0.05, 0.1) is 16.4 Å². The Kier molecular flexibility index (Phi) is 8.96. The first-order valence-electron chi connectivity index (χ1n) is 23.7. The van der Waals surface area contributed by atoms with E-state index in [9.17, 15) is 0 Å². The Bertz CT molecular complexity index is 3360. The molecule has 66 heavy (non-hydrogen) atoms. The Morgan fingerprint density at radius 2 is 1.27 bits per heavy atom. The number of benzene rings is 7. The minimum absolute atomic E-state index is 0.0491. The predicted molar refractivity (Wildman–Crippen MR) is 272 cm³/mol. The van der Waals surface area contributed by atoms with Crippen molar-refractivity contribution >= 4 is 33.2 Å². The third-order valence-corrected chi connectivity index (χ3v) is 15.3. The lowest BCUT2D eigenvalue weighted by Gasteiger charge is -2.39. The number of ether oxygens (including phenoxy) is 1. The van der Waals surface area contributed by atoms with Crippen molar-refractivity contribution in [3.05, 3.63) is 269 Å². The molecule has 0 saturated heterocycles. The molecule has 1 aromatic heterocycles. The first kappa shape index (κ1) is 38.8. The Hall–Kier alpha value is -7.62. The molecule has 3 nitrogen and oxygen atoms in total. The summed E-state index contributed by atoms with van der Waals surface area (Å²) >= 11 is 0. The maximum absolute atomic E-state index is 6.98. The second kappa shape index (κ2) is 15.2. The number of aromatic nitrogens is 1. The normalized spacial score (nSPS) is 22.1.